The molecule has 0 unspecified atom stereocenters. The fraction of sp³-hybridized carbons (Fsp3) is 0.0625. The fourth-order valence-corrected chi connectivity index (χ4v) is 1.99. The molecule has 0 spiro atoms. The number of rotatable bonds is 4. The highest BCUT2D eigenvalue weighted by atomic mass is 16.4. The van der Waals surface area contributed by atoms with Gasteiger partial charge in [-0.1, -0.05) is 30.3 Å². The lowest BCUT2D eigenvalue weighted by molar-refractivity contribution is -0.114. The zero-order valence-electron chi connectivity index (χ0n) is 11.3. The average Bonchev–Trinajstić information content (AvgIpc) is 2.46. The molecule has 0 atom stereocenters. The van der Waals surface area contributed by atoms with Crippen LogP contribution in [0.2, 0.25) is 0 Å². The van der Waals surface area contributed by atoms with E-state index in [-0.39, 0.29) is 22.6 Å². The van der Waals surface area contributed by atoms with Crippen molar-refractivity contribution < 1.29 is 19.5 Å². The van der Waals surface area contributed by atoms with Gasteiger partial charge in [-0.2, -0.15) is 0 Å². The zero-order valence-corrected chi connectivity index (χ0v) is 11.3. The van der Waals surface area contributed by atoms with Crippen LogP contribution in [0.25, 0.3) is 0 Å². The number of carbonyl (C=O) groups excluding carboxylic acids is 2. The van der Waals surface area contributed by atoms with Crippen molar-refractivity contribution in [1.82, 2.24) is 0 Å². The number of carboxylic acid groups (broad SMARTS) is 1. The van der Waals surface area contributed by atoms with Gasteiger partial charge in [0.05, 0.1) is 11.3 Å². The number of hydrogen-bond donors (Lipinski definition) is 2. The Balaban J connectivity index is 2.51. The fourth-order valence-electron chi connectivity index (χ4n) is 1.99. The highest BCUT2D eigenvalue weighted by Gasteiger charge is 2.19. The topological polar surface area (TPSA) is 83.5 Å². The first-order chi connectivity index (χ1) is 10.0. The molecule has 2 aromatic carbocycles. The molecule has 0 fully saturated rings. The Kier molecular flexibility index (Phi) is 4.13. The molecular weight excluding hydrogens is 270 g/mol. The second-order valence-corrected chi connectivity index (χ2v) is 4.41. The van der Waals surface area contributed by atoms with Crippen molar-refractivity contribution in [3.05, 3.63) is 65.2 Å². The Hall–Kier alpha value is -2.95. The molecule has 0 aromatic heterocycles. The third-order valence-corrected chi connectivity index (χ3v) is 2.88. The largest absolute Gasteiger partial charge is 0.478 e. The number of aromatic carboxylic acids is 1. The number of amides is 1. The smallest absolute Gasteiger partial charge is 0.336 e. The molecule has 0 saturated heterocycles. The molecule has 0 aliphatic heterocycles. The van der Waals surface area contributed by atoms with E-state index in [0.29, 0.717) is 5.69 Å². The van der Waals surface area contributed by atoms with Crippen molar-refractivity contribution >= 4 is 23.3 Å². The standard InChI is InChI=1S/C16H13NO4/c1-10(18)17-14-9-5-4-8-13(14)15(19)11-6-2-3-7-12(11)16(20)21/h2-9H,1H3,(H,17,18)(H,20,21). The maximum atomic E-state index is 12.6. The van der Waals surface area contributed by atoms with E-state index >= 15 is 0 Å². The van der Waals surface area contributed by atoms with Gasteiger partial charge in [0.1, 0.15) is 0 Å². The summed E-state index contributed by atoms with van der Waals surface area (Å²) < 4.78 is 0. The van der Waals surface area contributed by atoms with Gasteiger partial charge in [0, 0.05) is 18.1 Å². The van der Waals surface area contributed by atoms with Crippen molar-refractivity contribution in [3.63, 3.8) is 0 Å². The molecule has 2 rings (SSSR count). The van der Waals surface area contributed by atoms with Gasteiger partial charge in [0.2, 0.25) is 5.91 Å². The van der Waals surface area contributed by atoms with E-state index in [1.54, 1.807) is 36.4 Å². The van der Waals surface area contributed by atoms with E-state index in [1.165, 1.54) is 19.1 Å². The third-order valence-electron chi connectivity index (χ3n) is 2.88. The summed E-state index contributed by atoms with van der Waals surface area (Å²) in [4.78, 5) is 34.9. The maximum absolute atomic E-state index is 12.6. The number of nitrogens with one attached hydrogen (secondary N) is 1. The second-order valence-electron chi connectivity index (χ2n) is 4.41. The molecule has 0 saturated carbocycles. The van der Waals surface area contributed by atoms with E-state index in [2.05, 4.69) is 5.32 Å². The lowest BCUT2D eigenvalue weighted by Gasteiger charge is -2.10. The van der Waals surface area contributed by atoms with Crippen LogP contribution in [0.4, 0.5) is 5.69 Å². The van der Waals surface area contributed by atoms with Gasteiger partial charge in [0.15, 0.2) is 5.78 Å². The lowest BCUT2D eigenvalue weighted by Crippen LogP contribution is -2.14. The van der Waals surface area contributed by atoms with Crippen LogP contribution in [0, 0.1) is 0 Å². The van der Waals surface area contributed by atoms with Crippen LogP contribution >= 0.6 is 0 Å². The highest BCUT2D eigenvalue weighted by molar-refractivity contribution is 6.17. The van der Waals surface area contributed by atoms with Gasteiger partial charge < -0.3 is 10.4 Å². The summed E-state index contributed by atoms with van der Waals surface area (Å²) in [7, 11) is 0. The first-order valence-electron chi connectivity index (χ1n) is 6.24. The molecule has 2 N–H and O–H groups in total. The molecule has 21 heavy (non-hydrogen) atoms. The number of anilines is 1. The quantitative estimate of drug-likeness (QED) is 0.845. The number of hydrogen-bond acceptors (Lipinski definition) is 3. The Bertz CT molecular complexity index is 722. The molecule has 0 radical (unpaired) electrons. The summed E-state index contributed by atoms with van der Waals surface area (Å²) in [5, 5.41) is 11.7. The van der Waals surface area contributed by atoms with Gasteiger partial charge in [0.25, 0.3) is 0 Å². The molecule has 0 aliphatic carbocycles. The summed E-state index contributed by atoms with van der Waals surface area (Å²) in [6, 6.07) is 12.5. The predicted molar refractivity (Wildman–Crippen MR) is 77.6 cm³/mol. The van der Waals surface area contributed by atoms with Crippen LogP contribution in [0.3, 0.4) is 0 Å². The van der Waals surface area contributed by atoms with Crippen LogP contribution in [0.1, 0.15) is 33.2 Å². The number of benzene rings is 2. The van der Waals surface area contributed by atoms with E-state index in [9.17, 15) is 14.4 Å². The van der Waals surface area contributed by atoms with E-state index in [4.69, 9.17) is 5.11 Å². The molecule has 0 heterocycles. The normalized spacial score (nSPS) is 9.95. The SMILES string of the molecule is CC(=O)Nc1ccccc1C(=O)c1ccccc1C(=O)O. The van der Waals surface area contributed by atoms with Gasteiger partial charge in [-0.3, -0.25) is 9.59 Å². The van der Waals surface area contributed by atoms with Crippen LogP contribution in [0.15, 0.2) is 48.5 Å². The van der Waals surface area contributed by atoms with E-state index < -0.39 is 11.8 Å². The molecule has 0 bridgehead atoms. The second kappa shape index (κ2) is 6.00. The number of ketones is 1. The maximum Gasteiger partial charge on any atom is 0.336 e. The minimum Gasteiger partial charge on any atom is -0.478 e. The minimum atomic E-state index is -1.17. The van der Waals surface area contributed by atoms with E-state index in [0.717, 1.165) is 0 Å². The van der Waals surface area contributed by atoms with Gasteiger partial charge >= 0.3 is 5.97 Å². The number of para-hydroxylation sites is 1. The van der Waals surface area contributed by atoms with Crippen molar-refractivity contribution in [1.29, 1.82) is 0 Å². The van der Waals surface area contributed by atoms with Gasteiger partial charge in [-0.05, 0) is 18.2 Å². The summed E-state index contributed by atoms with van der Waals surface area (Å²) in [5.74, 6) is -1.92. The van der Waals surface area contributed by atoms with Crippen molar-refractivity contribution in [2.24, 2.45) is 0 Å². The predicted octanol–water partition coefficient (Wildman–Crippen LogP) is 2.57. The zero-order chi connectivity index (χ0) is 15.4. The first kappa shape index (κ1) is 14.5. The Morgan fingerprint density at radius 3 is 1.95 bits per heavy atom. The van der Waals surface area contributed by atoms with E-state index in [1.807, 2.05) is 0 Å². The Morgan fingerprint density at radius 1 is 0.857 bits per heavy atom. The third kappa shape index (κ3) is 3.14. The van der Waals surface area contributed by atoms with Gasteiger partial charge in [-0.25, -0.2) is 4.79 Å². The highest BCUT2D eigenvalue weighted by Crippen LogP contribution is 2.21. The van der Waals surface area contributed by atoms with Crippen molar-refractivity contribution in [2.75, 3.05) is 5.32 Å². The van der Waals surface area contributed by atoms with Crippen LogP contribution in [-0.4, -0.2) is 22.8 Å². The Morgan fingerprint density at radius 2 is 1.38 bits per heavy atom. The molecule has 106 valence electrons. The Labute approximate surface area is 121 Å². The average molecular weight is 283 g/mol. The molecule has 0 aliphatic rings. The first-order valence-corrected chi connectivity index (χ1v) is 6.24. The van der Waals surface area contributed by atoms with Crippen molar-refractivity contribution in [3.8, 4) is 0 Å². The molecule has 5 nitrogen and oxygen atoms in total. The monoisotopic (exact) mass is 283 g/mol. The molecular formula is C16H13NO4. The molecule has 5 heteroatoms. The summed E-state index contributed by atoms with van der Waals surface area (Å²) in [6.45, 7) is 1.34. The summed E-state index contributed by atoms with van der Waals surface area (Å²) in [5.41, 5.74) is 0.625. The number of carbonyl (C=O) groups is 3. The molecule has 1 amide bonds. The molecule has 2 aromatic rings. The van der Waals surface area contributed by atoms with Crippen LogP contribution in [0.5, 0.6) is 0 Å². The van der Waals surface area contributed by atoms with Crippen LogP contribution < -0.4 is 5.32 Å². The number of carboxylic acids is 1. The van der Waals surface area contributed by atoms with Crippen molar-refractivity contribution in [2.45, 2.75) is 6.92 Å². The van der Waals surface area contributed by atoms with Gasteiger partial charge in [-0.15, -0.1) is 0 Å². The minimum absolute atomic E-state index is 0.0693. The summed E-state index contributed by atoms with van der Waals surface area (Å²) in [6.07, 6.45) is 0. The summed E-state index contributed by atoms with van der Waals surface area (Å²) >= 11 is 0. The lowest BCUT2D eigenvalue weighted by atomic mass is 9.97. The van der Waals surface area contributed by atoms with Crippen LogP contribution in [-0.2, 0) is 4.79 Å².